The fourth-order valence-electron chi connectivity index (χ4n) is 7.67. The molecule has 1 spiro atoms. The number of esters is 1. The van der Waals surface area contributed by atoms with Crippen LogP contribution < -0.4 is 10.2 Å². The number of β-amino-alcohol motifs (C(OH)–C–C–N with tert-alkyl or cyclic N) is 1. The largest absolute Gasteiger partial charge is 0.463 e. The Morgan fingerprint density at radius 1 is 1.06 bits per heavy atom. The van der Waals surface area contributed by atoms with Crippen molar-refractivity contribution in [3.63, 3.8) is 0 Å². The summed E-state index contributed by atoms with van der Waals surface area (Å²) in [5.41, 5.74) is 0.139. The molecule has 48 heavy (non-hydrogen) atoms. The van der Waals surface area contributed by atoms with Gasteiger partial charge < -0.3 is 29.7 Å². The number of anilines is 1. The number of benzene rings is 3. The Labute approximate surface area is 280 Å². The molecule has 3 aliphatic rings. The molecule has 3 aliphatic heterocycles. The van der Waals surface area contributed by atoms with Gasteiger partial charge in [0, 0.05) is 25.2 Å². The quantitative estimate of drug-likeness (QED) is 0.199. The molecular weight excluding hydrogens is 610 g/mol. The highest BCUT2D eigenvalue weighted by Crippen LogP contribution is 2.58. The molecule has 10 heteroatoms. The molecule has 2 bridgehead atoms. The predicted molar refractivity (Wildman–Crippen MR) is 181 cm³/mol. The van der Waals surface area contributed by atoms with E-state index in [2.05, 4.69) is 18.5 Å². The minimum absolute atomic E-state index is 0.0805. The monoisotopic (exact) mass is 651 g/mol. The number of carbonyl (C=O) groups excluding carboxylic acids is 4. The molecule has 0 saturated carbocycles. The average molecular weight is 652 g/mol. The lowest BCUT2D eigenvalue weighted by Crippen LogP contribution is -2.57. The predicted octanol–water partition coefficient (Wildman–Crippen LogP) is 4.09. The molecule has 3 aromatic carbocycles. The second kappa shape index (κ2) is 14.1. The third-order valence-electron chi connectivity index (χ3n) is 9.78. The van der Waals surface area contributed by atoms with E-state index in [0.717, 1.165) is 16.3 Å². The van der Waals surface area contributed by atoms with Gasteiger partial charge in [-0.25, -0.2) is 0 Å². The van der Waals surface area contributed by atoms with Gasteiger partial charge in [0.1, 0.15) is 18.2 Å². The van der Waals surface area contributed by atoms with Crippen molar-refractivity contribution in [1.29, 1.82) is 0 Å². The molecular formula is C38H41N3O7. The smallest absolute Gasteiger partial charge is 0.306 e. The van der Waals surface area contributed by atoms with E-state index in [1.165, 1.54) is 4.90 Å². The van der Waals surface area contributed by atoms with Crippen molar-refractivity contribution < 1.29 is 33.8 Å². The van der Waals surface area contributed by atoms with Crippen LogP contribution in [0.3, 0.4) is 0 Å². The Morgan fingerprint density at radius 3 is 2.54 bits per heavy atom. The lowest BCUT2D eigenvalue weighted by Gasteiger charge is -2.36. The first-order chi connectivity index (χ1) is 23.3. The zero-order chi connectivity index (χ0) is 33.8. The SMILES string of the molecule is C=CCCC(=O)OC[C@H](NC(=O)[C@@H]1[C@H]2C(=O)N(CCO)[C@H](C(=O)N(CC=C)c3ccc4ccccc4c3)[C@]23CC[C@H]1O3)c1ccccc1. The molecule has 3 saturated heterocycles. The summed E-state index contributed by atoms with van der Waals surface area (Å²) in [7, 11) is 0. The van der Waals surface area contributed by atoms with Gasteiger partial charge >= 0.3 is 5.97 Å². The van der Waals surface area contributed by atoms with Gasteiger partial charge in [-0.3, -0.25) is 19.2 Å². The number of amides is 3. The first-order valence-electron chi connectivity index (χ1n) is 16.4. The van der Waals surface area contributed by atoms with Gasteiger partial charge in [0.05, 0.1) is 30.6 Å². The summed E-state index contributed by atoms with van der Waals surface area (Å²) in [5.74, 6) is -3.37. The molecule has 6 atom stereocenters. The van der Waals surface area contributed by atoms with E-state index >= 15 is 0 Å². The van der Waals surface area contributed by atoms with Crippen LogP contribution >= 0.6 is 0 Å². The van der Waals surface area contributed by atoms with E-state index in [4.69, 9.17) is 9.47 Å². The summed E-state index contributed by atoms with van der Waals surface area (Å²) in [5, 5.41) is 15.0. The number of hydrogen-bond acceptors (Lipinski definition) is 7. The number of fused-ring (bicyclic) bond motifs is 2. The minimum atomic E-state index is -1.24. The number of hydrogen-bond donors (Lipinski definition) is 2. The third kappa shape index (κ3) is 6.02. The number of aliphatic hydroxyl groups excluding tert-OH is 1. The summed E-state index contributed by atoms with van der Waals surface area (Å²) < 4.78 is 12.1. The standard InChI is InChI=1S/C38H41N3O7/c1-3-5-15-31(43)47-24-29(26-12-7-6-8-13-26)39-35(44)32-30-18-19-38(48-30)33(32)36(45)41(21-22-42)34(38)37(46)40(20-4-2)28-17-16-25-11-9-10-14-27(25)23-28/h3-4,6-14,16-17,23,29-30,32-34,42H,1-2,5,15,18-22,24H2,(H,39,44)/t29-,30+,32-,33-,34+,38-/m0/s1. The first kappa shape index (κ1) is 33.1. The number of likely N-dealkylation sites (tertiary alicyclic amines) is 1. The van der Waals surface area contributed by atoms with Gasteiger partial charge in [-0.15, -0.1) is 13.2 Å². The zero-order valence-corrected chi connectivity index (χ0v) is 26.8. The number of nitrogens with zero attached hydrogens (tertiary/aromatic N) is 2. The summed E-state index contributed by atoms with van der Waals surface area (Å²) in [4.78, 5) is 58.4. The molecule has 0 radical (unpaired) electrons. The number of allylic oxidation sites excluding steroid dienone is 1. The molecule has 0 unspecified atom stereocenters. The minimum Gasteiger partial charge on any atom is -0.463 e. The highest BCUT2D eigenvalue weighted by molar-refractivity contribution is 6.05. The molecule has 3 amide bonds. The third-order valence-corrected chi connectivity index (χ3v) is 9.78. The highest BCUT2D eigenvalue weighted by atomic mass is 16.5. The Morgan fingerprint density at radius 2 is 1.81 bits per heavy atom. The van der Waals surface area contributed by atoms with Crippen LogP contribution in [0.25, 0.3) is 10.8 Å². The van der Waals surface area contributed by atoms with Crippen molar-refractivity contribution in [3.8, 4) is 0 Å². The highest BCUT2D eigenvalue weighted by Gasteiger charge is 2.74. The van der Waals surface area contributed by atoms with Crippen molar-refractivity contribution >= 4 is 40.2 Å². The maximum atomic E-state index is 14.7. The van der Waals surface area contributed by atoms with Gasteiger partial charge in [-0.2, -0.15) is 0 Å². The Balaban J connectivity index is 1.29. The zero-order valence-electron chi connectivity index (χ0n) is 26.8. The van der Waals surface area contributed by atoms with Crippen molar-refractivity contribution in [3.05, 3.63) is 104 Å². The van der Waals surface area contributed by atoms with Gasteiger partial charge in [-0.1, -0.05) is 72.8 Å². The summed E-state index contributed by atoms with van der Waals surface area (Å²) in [6.07, 6.45) is 4.25. The van der Waals surface area contributed by atoms with Gasteiger partial charge in [-0.05, 0) is 47.7 Å². The summed E-state index contributed by atoms with van der Waals surface area (Å²) in [6.45, 7) is 7.17. The average Bonchev–Trinajstić information content (AvgIpc) is 3.75. The lowest BCUT2D eigenvalue weighted by atomic mass is 9.70. The number of ether oxygens (including phenoxy) is 2. The Bertz CT molecular complexity index is 1710. The Hall–Kier alpha value is -4.80. The van der Waals surface area contributed by atoms with Crippen LogP contribution in [-0.2, 0) is 28.7 Å². The van der Waals surface area contributed by atoms with E-state index in [-0.39, 0.29) is 38.6 Å². The second-order valence-corrected chi connectivity index (χ2v) is 12.6. The molecule has 3 heterocycles. The van der Waals surface area contributed by atoms with Crippen molar-refractivity contribution in [2.45, 2.75) is 49.5 Å². The first-order valence-corrected chi connectivity index (χ1v) is 16.4. The van der Waals surface area contributed by atoms with Crippen molar-refractivity contribution in [1.82, 2.24) is 10.2 Å². The fourth-order valence-corrected chi connectivity index (χ4v) is 7.67. The molecule has 2 N–H and O–H groups in total. The molecule has 6 rings (SSSR count). The number of rotatable bonds is 14. The van der Waals surface area contributed by atoms with E-state index in [0.29, 0.717) is 24.9 Å². The molecule has 250 valence electrons. The second-order valence-electron chi connectivity index (χ2n) is 12.6. The van der Waals surface area contributed by atoms with Crippen LogP contribution in [0.2, 0.25) is 0 Å². The molecule has 10 nitrogen and oxygen atoms in total. The van der Waals surface area contributed by atoms with Crippen molar-refractivity contribution in [2.75, 3.05) is 31.2 Å². The molecule has 3 aromatic rings. The van der Waals surface area contributed by atoms with E-state index in [9.17, 15) is 24.3 Å². The number of aliphatic hydroxyl groups is 1. The summed E-state index contributed by atoms with van der Waals surface area (Å²) >= 11 is 0. The van der Waals surface area contributed by atoms with Crippen LogP contribution in [0.4, 0.5) is 5.69 Å². The fraction of sp³-hybridized carbons (Fsp3) is 0.368. The topological polar surface area (TPSA) is 125 Å². The van der Waals surface area contributed by atoms with E-state index in [1.54, 1.807) is 17.1 Å². The van der Waals surface area contributed by atoms with E-state index < -0.39 is 53.4 Å². The van der Waals surface area contributed by atoms with Crippen LogP contribution in [0.1, 0.15) is 37.3 Å². The molecule has 0 aromatic heterocycles. The molecule has 0 aliphatic carbocycles. The maximum absolute atomic E-state index is 14.7. The van der Waals surface area contributed by atoms with Crippen LogP contribution in [0, 0.1) is 11.8 Å². The maximum Gasteiger partial charge on any atom is 0.306 e. The van der Waals surface area contributed by atoms with Crippen molar-refractivity contribution in [2.24, 2.45) is 11.8 Å². The van der Waals surface area contributed by atoms with Crippen LogP contribution in [0.15, 0.2) is 98.1 Å². The normalized spacial score (nSPS) is 24.6. The lowest BCUT2D eigenvalue weighted by molar-refractivity contribution is -0.146. The Kier molecular flexibility index (Phi) is 9.75. The summed E-state index contributed by atoms with van der Waals surface area (Å²) in [6, 6.07) is 21.0. The number of carbonyl (C=O) groups is 4. The van der Waals surface area contributed by atoms with Gasteiger partial charge in [0.2, 0.25) is 11.8 Å². The van der Waals surface area contributed by atoms with Gasteiger partial charge in [0.25, 0.3) is 5.91 Å². The van der Waals surface area contributed by atoms with Crippen LogP contribution in [0.5, 0.6) is 0 Å². The number of nitrogens with one attached hydrogen (secondary N) is 1. The van der Waals surface area contributed by atoms with Gasteiger partial charge in [0.15, 0.2) is 0 Å². The molecule has 3 fully saturated rings. The van der Waals surface area contributed by atoms with E-state index in [1.807, 2.05) is 72.8 Å². The van der Waals surface area contributed by atoms with Crippen LogP contribution in [-0.4, -0.2) is 77.7 Å².